The number of nitrogens with zero attached hydrogens (tertiary/aromatic N) is 1. The van der Waals surface area contributed by atoms with Gasteiger partial charge in [-0.25, -0.2) is 9.18 Å². The molecule has 3 aromatic rings. The number of rotatable bonds is 5. The highest BCUT2D eigenvalue weighted by Gasteiger charge is 2.43. The number of halogens is 1. The fraction of sp³-hybridized carbons (Fsp3) is 0.208. The van der Waals surface area contributed by atoms with Gasteiger partial charge in [0, 0.05) is 18.2 Å². The van der Waals surface area contributed by atoms with E-state index in [1.54, 1.807) is 37.4 Å². The first-order valence-electron chi connectivity index (χ1n) is 9.94. The molecule has 1 atom stereocenters. The lowest BCUT2D eigenvalue weighted by Gasteiger charge is -2.39. The lowest BCUT2D eigenvalue weighted by Crippen LogP contribution is -2.50. The SMILES string of the molecule is COc1ccc(C(=O)N[C@]2(c3ccc(C)c(F)c3)CCOc3cccnc32)cc1C(=O)O. The topological polar surface area (TPSA) is 97.8 Å². The predicted octanol–water partition coefficient (Wildman–Crippen LogP) is 3.69. The second-order valence-electron chi connectivity index (χ2n) is 7.49. The Morgan fingerprint density at radius 3 is 2.75 bits per heavy atom. The van der Waals surface area contributed by atoms with Gasteiger partial charge in [0.1, 0.15) is 34.1 Å². The maximum atomic E-state index is 14.5. The molecule has 1 aliphatic heterocycles. The van der Waals surface area contributed by atoms with Gasteiger partial charge in [0.2, 0.25) is 0 Å². The number of methoxy groups -OCH3 is 1. The zero-order valence-corrected chi connectivity index (χ0v) is 17.5. The van der Waals surface area contributed by atoms with E-state index in [-0.39, 0.29) is 23.5 Å². The first kappa shape index (κ1) is 21.3. The predicted molar refractivity (Wildman–Crippen MR) is 114 cm³/mol. The summed E-state index contributed by atoms with van der Waals surface area (Å²) in [5, 5.41) is 12.4. The van der Waals surface area contributed by atoms with Gasteiger partial charge in [0.15, 0.2) is 0 Å². The lowest BCUT2D eigenvalue weighted by atomic mass is 9.80. The molecular weight excluding hydrogens is 415 g/mol. The van der Waals surface area contributed by atoms with E-state index in [0.717, 1.165) is 0 Å². The van der Waals surface area contributed by atoms with Crippen molar-refractivity contribution in [2.24, 2.45) is 0 Å². The molecule has 164 valence electrons. The van der Waals surface area contributed by atoms with Crippen LogP contribution in [0.5, 0.6) is 11.5 Å². The fourth-order valence-electron chi connectivity index (χ4n) is 3.88. The van der Waals surface area contributed by atoms with Crippen LogP contribution in [0.3, 0.4) is 0 Å². The summed E-state index contributed by atoms with van der Waals surface area (Å²) in [6, 6.07) is 12.4. The van der Waals surface area contributed by atoms with Crippen LogP contribution in [0.1, 0.15) is 44.0 Å². The summed E-state index contributed by atoms with van der Waals surface area (Å²) < 4.78 is 25.3. The van der Waals surface area contributed by atoms with Gasteiger partial charge in [0.05, 0.1) is 13.7 Å². The van der Waals surface area contributed by atoms with Crippen LogP contribution >= 0.6 is 0 Å². The quantitative estimate of drug-likeness (QED) is 0.633. The van der Waals surface area contributed by atoms with E-state index < -0.39 is 23.2 Å². The number of carboxylic acids is 1. The normalized spacial score (nSPS) is 17.1. The summed E-state index contributed by atoms with van der Waals surface area (Å²) in [6.07, 6.45) is 1.89. The van der Waals surface area contributed by atoms with E-state index in [4.69, 9.17) is 9.47 Å². The Morgan fingerprint density at radius 2 is 2.03 bits per heavy atom. The molecule has 1 aliphatic rings. The number of pyridine rings is 1. The number of carboxylic acid groups (broad SMARTS) is 1. The lowest BCUT2D eigenvalue weighted by molar-refractivity contribution is 0.0693. The Morgan fingerprint density at radius 1 is 1.22 bits per heavy atom. The van der Waals surface area contributed by atoms with E-state index in [2.05, 4.69) is 10.3 Å². The van der Waals surface area contributed by atoms with E-state index in [1.807, 2.05) is 0 Å². The van der Waals surface area contributed by atoms with E-state index in [9.17, 15) is 19.1 Å². The average molecular weight is 436 g/mol. The molecule has 0 radical (unpaired) electrons. The van der Waals surface area contributed by atoms with Gasteiger partial charge in [-0.2, -0.15) is 0 Å². The molecule has 7 nitrogen and oxygen atoms in total. The van der Waals surface area contributed by atoms with Crippen molar-refractivity contribution >= 4 is 11.9 Å². The first-order chi connectivity index (χ1) is 15.4. The minimum atomic E-state index is -1.22. The number of nitrogens with one attached hydrogen (secondary N) is 1. The number of aromatic carboxylic acids is 1. The molecular formula is C24H21FN2O5. The van der Waals surface area contributed by atoms with Gasteiger partial charge in [-0.15, -0.1) is 0 Å². The zero-order chi connectivity index (χ0) is 22.9. The summed E-state index contributed by atoms with van der Waals surface area (Å²) in [5.74, 6) is -1.53. The van der Waals surface area contributed by atoms with Gasteiger partial charge in [0.25, 0.3) is 5.91 Å². The second-order valence-corrected chi connectivity index (χ2v) is 7.49. The summed E-state index contributed by atoms with van der Waals surface area (Å²) in [5.41, 5.74) is 0.271. The standard InChI is InChI=1S/C24H21FN2O5/c1-14-5-7-16(13-18(14)25)24(9-11-32-20-4-3-10-26-21(20)24)27-22(28)15-6-8-19(31-2)17(12-15)23(29)30/h3-8,10,12-13H,9,11H2,1-2H3,(H,27,28)(H,29,30)/t24-/m0/s1. The maximum absolute atomic E-state index is 14.5. The molecule has 32 heavy (non-hydrogen) atoms. The van der Waals surface area contributed by atoms with Crippen LogP contribution in [0.15, 0.2) is 54.7 Å². The number of fused-ring (bicyclic) bond motifs is 1. The van der Waals surface area contributed by atoms with Crippen molar-refractivity contribution in [3.05, 3.63) is 88.5 Å². The van der Waals surface area contributed by atoms with Crippen molar-refractivity contribution in [3.8, 4) is 11.5 Å². The Bertz CT molecular complexity index is 1210. The highest BCUT2D eigenvalue weighted by molar-refractivity contribution is 5.99. The van der Waals surface area contributed by atoms with Crippen LogP contribution in [-0.2, 0) is 5.54 Å². The molecule has 4 rings (SSSR count). The highest BCUT2D eigenvalue weighted by Crippen LogP contribution is 2.41. The van der Waals surface area contributed by atoms with Gasteiger partial charge >= 0.3 is 5.97 Å². The molecule has 2 N–H and O–H groups in total. The second kappa shape index (κ2) is 8.30. The van der Waals surface area contributed by atoms with E-state index in [0.29, 0.717) is 29.0 Å². The molecule has 0 fully saturated rings. The number of hydrogen-bond acceptors (Lipinski definition) is 5. The van der Waals surface area contributed by atoms with Crippen molar-refractivity contribution in [1.29, 1.82) is 0 Å². The van der Waals surface area contributed by atoms with Gasteiger partial charge in [-0.3, -0.25) is 9.78 Å². The summed E-state index contributed by atoms with van der Waals surface area (Å²) >= 11 is 0. The van der Waals surface area contributed by atoms with Crippen LogP contribution in [0.4, 0.5) is 4.39 Å². The molecule has 0 saturated carbocycles. The molecule has 1 aromatic heterocycles. The largest absolute Gasteiger partial charge is 0.496 e. The van der Waals surface area contributed by atoms with Crippen molar-refractivity contribution in [2.75, 3.05) is 13.7 Å². The maximum Gasteiger partial charge on any atom is 0.339 e. The molecule has 8 heteroatoms. The highest BCUT2D eigenvalue weighted by atomic mass is 19.1. The Labute approximate surface area is 183 Å². The number of ether oxygens (including phenoxy) is 2. The van der Waals surface area contributed by atoms with Crippen LogP contribution in [0.25, 0.3) is 0 Å². The Hall–Kier alpha value is -3.94. The number of amides is 1. The van der Waals surface area contributed by atoms with Crippen LogP contribution in [0.2, 0.25) is 0 Å². The smallest absolute Gasteiger partial charge is 0.339 e. The van der Waals surface area contributed by atoms with Crippen LogP contribution < -0.4 is 14.8 Å². The summed E-state index contributed by atoms with van der Waals surface area (Å²) in [7, 11) is 1.35. The number of hydrogen-bond donors (Lipinski definition) is 2. The molecule has 0 aliphatic carbocycles. The van der Waals surface area contributed by atoms with Crippen molar-refractivity contribution in [3.63, 3.8) is 0 Å². The molecule has 1 amide bonds. The van der Waals surface area contributed by atoms with Gasteiger partial charge in [-0.05, 0) is 54.4 Å². The van der Waals surface area contributed by atoms with Crippen LogP contribution in [0, 0.1) is 12.7 Å². The van der Waals surface area contributed by atoms with E-state index in [1.165, 1.54) is 31.4 Å². The Balaban J connectivity index is 1.83. The minimum absolute atomic E-state index is 0.124. The molecule has 0 spiro atoms. The van der Waals surface area contributed by atoms with Crippen molar-refractivity contribution in [2.45, 2.75) is 18.9 Å². The number of aromatic nitrogens is 1. The third-order valence-electron chi connectivity index (χ3n) is 5.59. The van der Waals surface area contributed by atoms with Gasteiger partial charge < -0.3 is 19.9 Å². The summed E-state index contributed by atoms with van der Waals surface area (Å²) in [4.78, 5) is 29.3. The minimum Gasteiger partial charge on any atom is -0.496 e. The molecule has 2 heterocycles. The molecule has 0 bridgehead atoms. The molecule has 2 aromatic carbocycles. The zero-order valence-electron chi connectivity index (χ0n) is 17.5. The van der Waals surface area contributed by atoms with E-state index >= 15 is 0 Å². The molecule has 0 unspecified atom stereocenters. The van der Waals surface area contributed by atoms with Crippen molar-refractivity contribution in [1.82, 2.24) is 10.3 Å². The molecule has 0 saturated heterocycles. The number of carbonyl (C=O) groups excluding carboxylic acids is 1. The summed E-state index contributed by atoms with van der Waals surface area (Å²) in [6.45, 7) is 1.93. The number of aryl methyl sites for hydroxylation is 1. The van der Waals surface area contributed by atoms with Crippen LogP contribution in [-0.4, -0.2) is 35.7 Å². The third-order valence-corrected chi connectivity index (χ3v) is 5.59. The Kier molecular flexibility index (Phi) is 5.52. The monoisotopic (exact) mass is 436 g/mol. The fourth-order valence-corrected chi connectivity index (χ4v) is 3.88. The number of carbonyl (C=O) groups is 2. The first-order valence-corrected chi connectivity index (χ1v) is 9.94. The third kappa shape index (κ3) is 3.64. The van der Waals surface area contributed by atoms with Gasteiger partial charge in [-0.1, -0.05) is 12.1 Å². The number of benzene rings is 2. The average Bonchev–Trinajstić information content (AvgIpc) is 2.80. The van der Waals surface area contributed by atoms with Crippen molar-refractivity contribution < 1.29 is 28.6 Å².